The van der Waals surface area contributed by atoms with E-state index in [2.05, 4.69) is 5.32 Å². The molecule has 2 amide bonds. The quantitative estimate of drug-likeness (QED) is 0.280. The van der Waals surface area contributed by atoms with Crippen LogP contribution in [-0.4, -0.2) is 46.1 Å². The summed E-state index contributed by atoms with van der Waals surface area (Å²) in [5.41, 5.74) is 2.62. The number of hydrogen-bond acceptors (Lipinski definition) is 6. The maximum Gasteiger partial charge on any atom is 0.356 e. The van der Waals surface area contributed by atoms with E-state index < -0.39 is 29.4 Å². The van der Waals surface area contributed by atoms with Crippen LogP contribution in [0.4, 0.5) is 0 Å². The van der Waals surface area contributed by atoms with Crippen LogP contribution in [0, 0.1) is 0 Å². The fraction of sp³-hybridized carbons (Fsp3) is 0.172. The summed E-state index contributed by atoms with van der Waals surface area (Å²) in [6.07, 6.45) is 0.0304. The van der Waals surface area contributed by atoms with Crippen LogP contribution in [0.5, 0.6) is 0 Å². The normalized spacial score (nSPS) is 18.6. The van der Waals surface area contributed by atoms with Gasteiger partial charge in [-0.05, 0) is 28.8 Å². The maximum absolute atomic E-state index is 13.6. The Morgan fingerprint density at radius 1 is 0.946 bits per heavy atom. The van der Waals surface area contributed by atoms with Crippen molar-refractivity contribution >= 4 is 35.8 Å². The van der Waals surface area contributed by atoms with Crippen molar-refractivity contribution in [3.05, 3.63) is 119 Å². The minimum atomic E-state index is -0.780. The van der Waals surface area contributed by atoms with E-state index in [1.807, 2.05) is 60.7 Å². The van der Waals surface area contributed by atoms with Crippen molar-refractivity contribution in [2.75, 3.05) is 5.75 Å². The van der Waals surface area contributed by atoms with Crippen LogP contribution in [0.25, 0.3) is 0 Å². The summed E-state index contributed by atoms with van der Waals surface area (Å²) in [5.74, 6) is -1.08. The Morgan fingerprint density at radius 2 is 1.51 bits per heavy atom. The number of benzene rings is 3. The second kappa shape index (κ2) is 10.8. The zero-order chi connectivity index (χ0) is 25.8. The molecule has 2 heterocycles. The smallest absolute Gasteiger partial charge is 0.356 e. The van der Waals surface area contributed by atoms with E-state index in [1.54, 1.807) is 30.3 Å². The first kappa shape index (κ1) is 24.5. The third-order valence-electron chi connectivity index (χ3n) is 6.32. The van der Waals surface area contributed by atoms with Crippen LogP contribution in [0.2, 0.25) is 0 Å². The van der Waals surface area contributed by atoms with Crippen molar-refractivity contribution in [2.45, 2.75) is 23.9 Å². The summed E-state index contributed by atoms with van der Waals surface area (Å²) >= 11 is 1.41. The minimum Gasteiger partial charge on any atom is -0.448 e. The number of fused-ring (bicyclic) bond motifs is 1. The molecule has 2 atom stereocenters. The lowest BCUT2D eigenvalue weighted by molar-refractivity contribution is -0.153. The van der Waals surface area contributed by atoms with Crippen LogP contribution >= 0.6 is 11.8 Å². The number of carbonyl (C=O) groups is 4. The number of esters is 1. The molecule has 1 N–H and O–H groups in total. The zero-order valence-corrected chi connectivity index (χ0v) is 20.6. The predicted octanol–water partition coefficient (Wildman–Crippen LogP) is 3.88. The van der Waals surface area contributed by atoms with Gasteiger partial charge in [0, 0.05) is 17.7 Å². The third kappa shape index (κ3) is 4.93. The lowest BCUT2D eigenvalue weighted by atomic mass is 10.00. The molecule has 0 aliphatic carbocycles. The SMILES string of the molecule is O=CCC1=C(C(=O)OC(c2ccccc2)c2ccccc2)N2C(=O)C(NC(=O)c3ccccc3)C2SC1. The number of β-lactam (4-membered cyclic amide) rings is 1. The highest BCUT2D eigenvalue weighted by molar-refractivity contribution is 8.00. The molecule has 0 bridgehead atoms. The number of hydrogen-bond donors (Lipinski definition) is 1. The number of carbonyl (C=O) groups excluding carboxylic acids is 4. The highest BCUT2D eigenvalue weighted by atomic mass is 32.2. The fourth-order valence-corrected chi connectivity index (χ4v) is 5.85. The van der Waals surface area contributed by atoms with Crippen molar-refractivity contribution in [1.82, 2.24) is 10.2 Å². The fourth-order valence-electron chi connectivity index (χ4n) is 4.49. The van der Waals surface area contributed by atoms with Gasteiger partial charge in [0.1, 0.15) is 23.4 Å². The first-order valence-corrected chi connectivity index (χ1v) is 12.9. The van der Waals surface area contributed by atoms with E-state index in [-0.39, 0.29) is 18.0 Å². The predicted molar refractivity (Wildman–Crippen MR) is 139 cm³/mol. The van der Waals surface area contributed by atoms with Gasteiger partial charge < -0.3 is 14.8 Å². The summed E-state index contributed by atoms with van der Waals surface area (Å²) in [6.45, 7) is 0. The Morgan fingerprint density at radius 3 is 2.08 bits per heavy atom. The number of aldehydes is 1. The number of amides is 2. The summed E-state index contributed by atoms with van der Waals surface area (Å²) in [6, 6.07) is 26.6. The van der Waals surface area contributed by atoms with E-state index in [1.165, 1.54) is 16.7 Å². The standard InChI is InChI=1S/C29H24N2O5S/c32-17-16-22-18-37-28-23(30-26(33)21-14-8-3-9-15-21)27(34)31(28)24(22)29(35)36-25(19-10-4-1-5-11-19)20-12-6-2-7-13-20/h1-15,17,23,25,28H,16,18H2,(H,30,33). The molecule has 0 aromatic heterocycles. The second-order valence-electron chi connectivity index (χ2n) is 8.66. The van der Waals surface area contributed by atoms with Crippen molar-refractivity contribution in [3.8, 4) is 0 Å². The first-order valence-electron chi connectivity index (χ1n) is 11.9. The molecule has 186 valence electrons. The number of rotatable bonds is 8. The molecule has 2 aliphatic rings. The third-order valence-corrected chi connectivity index (χ3v) is 7.66. The summed E-state index contributed by atoms with van der Waals surface area (Å²) in [7, 11) is 0. The molecule has 1 saturated heterocycles. The molecule has 8 heteroatoms. The van der Waals surface area contributed by atoms with Crippen LogP contribution in [0.1, 0.15) is 34.0 Å². The highest BCUT2D eigenvalue weighted by Gasteiger charge is 2.54. The van der Waals surface area contributed by atoms with Gasteiger partial charge >= 0.3 is 5.97 Å². The topological polar surface area (TPSA) is 92.8 Å². The lowest BCUT2D eigenvalue weighted by Gasteiger charge is -2.49. The molecular weight excluding hydrogens is 488 g/mol. The zero-order valence-electron chi connectivity index (χ0n) is 19.8. The van der Waals surface area contributed by atoms with Gasteiger partial charge in [0.2, 0.25) is 0 Å². The van der Waals surface area contributed by atoms with Crippen LogP contribution in [0.3, 0.4) is 0 Å². The minimum absolute atomic E-state index is 0.0102. The Balaban J connectivity index is 1.41. The van der Waals surface area contributed by atoms with E-state index in [0.717, 1.165) is 11.1 Å². The van der Waals surface area contributed by atoms with Crippen molar-refractivity contribution in [2.24, 2.45) is 0 Å². The number of nitrogens with zero attached hydrogens (tertiary/aromatic N) is 1. The molecule has 2 aliphatic heterocycles. The molecule has 3 aromatic rings. The van der Waals surface area contributed by atoms with Crippen LogP contribution < -0.4 is 5.32 Å². The van der Waals surface area contributed by atoms with Gasteiger partial charge in [0.25, 0.3) is 11.8 Å². The van der Waals surface area contributed by atoms with Gasteiger partial charge in [-0.15, -0.1) is 11.8 Å². The van der Waals surface area contributed by atoms with Gasteiger partial charge in [-0.1, -0.05) is 78.9 Å². The van der Waals surface area contributed by atoms with E-state index in [4.69, 9.17) is 4.74 Å². The molecule has 7 nitrogen and oxygen atoms in total. The van der Waals surface area contributed by atoms with Crippen molar-refractivity contribution in [3.63, 3.8) is 0 Å². The summed E-state index contributed by atoms with van der Waals surface area (Å²) in [4.78, 5) is 52.3. The average Bonchev–Trinajstić information content (AvgIpc) is 2.95. The Hall–Kier alpha value is -4.17. The van der Waals surface area contributed by atoms with Gasteiger partial charge in [-0.25, -0.2) is 4.79 Å². The van der Waals surface area contributed by atoms with E-state index >= 15 is 0 Å². The molecule has 1 fully saturated rings. The molecule has 0 radical (unpaired) electrons. The van der Waals surface area contributed by atoms with E-state index in [9.17, 15) is 19.2 Å². The number of ether oxygens (including phenoxy) is 1. The van der Waals surface area contributed by atoms with Crippen molar-refractivity contribution < 1.29 is 23.9 Å². The molecule has 0 saturated carbocycles. The largest absolute Gasteiger partial charge is 0.448 e. The van der Waals surface area contributed by atoms with Gasteiger partial charge in [-0.3, -0.25) is 14.5 Å². The molecule has 2 unspecified atom stereocenters. The average molecular weight is 513 g/mol. The van der Waals surface area contributed by atoms with Crippen LogP contribution in [0.15, 0.2) is 102 Å². The molecule has 3 aromatic carbocycles. The summed E-state index contributed by atoms with van der Waals surface area (Å²) in [5, 5.41) is 2.32. The second-order valence-corrected chi connectivity index (χ2v) is 9.76. The van der Waals surface area contributed by atoms with Gasteiger partial charge in [0.15, 0.2) is 6.10 Å². The highest BCUT2D eigenvalue weighted by Crippen LogP contribution is 2.42. The van der Waals surface area contributed by atoms with Gasteiger partial charge in [-0.2, -0.15) is 0 Å². The Labute approximate surface area is 218 Å². The first-order chi connectivity index (χ1) is 18.1. The Kier molecular flexibility index (Phi) is 7.18. The lowest BCUT2D eigenvalue weighted by Crippen LogP contribution is -2.70. The Bertz CT molecular complexity index is 1300. The maximum atomic E-state index is 13.6. The van der Waals surface area contributed by atoms with Crippen molar-refractivity contribution in [1.29, 1.82) is 0 Å². The van der Waals surface area contributed by atoms with Crippen LogP contribution in [-0.2, 0) is 19.1 Å². The molecule has 0 spiro atoms. The van der Waals surface area contributed by atoms with E-state index in [0.29, 0.717) is 23.2 Å². The molecule has 5 rings (SSSR count). The van der Waals surface area contributed by atoms with Gasteiger partial charge in [0.05, 0.1) is 0 Å². The molecule has 37 heavy (non-hydrogen) atoms. The summed E-state index contributed by atoms with van der Waals surface area (Å²) < 4.78 is 6.02. The number of thioether (sulfide) groups is 1. The monoisotopic (exact) mass is 512 g/mol. The number of nitrogens with one attached hydrogen (secondary N) is 1. The molecular formula is C29H24N2O5S.